The lowest BCUT2D eigenvalue weighted by molar-refractivity contribution is 0.0930. The van der Waals surface area contributed by atoms with Gasteiger partial charge in [-0.3, -0.25) is 4.79 Å². The summed E-state index contributed by atoms with van der Waals surface area (Å²) in [4.78, 5) is 12.9. The first-order chi connectivity index (χ1) is 15.7. The van der Waals surface area contributed by atoms with E-state index < -0.39 is 5.60 Å². The molecule has 0 saturated carbocycles. The van der Waals surface area contributed by atoms with Gasteiger partial charge in [-0.05, 0) is 74.8 Å². The average molecular weight is 450 g/mol. The molecule has 0 saturated heterocycles. The highest BCUT2D eigenvalue weighted by Gasteiger charge is 2.33. The van der Waals surface area contributed by atoms with E-state index in [1.807, 2.05) is 13.8 Å². The van der Waals surface area contributed by atoms with E-state index in [1.54, 1.807) is 0 Å². The van der Waals surface area contributed by atoms with Gasteiger partial charge in [0, 0.05) is 30.1 Å². The third-order valence-electron chi connectivity index (χ3n) is 7.42. The van der Waals surface area contributed by atoms with Gasteiger partial charge >= 0.3 is 0 Å². The predicted octanol–water partition coefficient (Wildman–Crippen LogP) is 7.20. The summed E-state index contributed by atoms with van der Waals surface area (Å²) in [5, 5.41) is 10.5. The number of rotatable bonds is 11. The minimum Gasteiger partial charge on any atom is -0.378 e. The first kappa shape index (κ1) is 26.9. The van der Waals surface area contributed by atoms with Gasteiger partial charge in [0.25, 0.3) is 0 Å². The second kappa shape index (κ2) is 11.7. The molecule has 180 valence electrons. The Morgan fingerprint density at radius 3 is 2.15 bits per heavy atom. The van der Waals surface area contributed by atoms with E-state index in [9.17, 15) is 9.90 Å². The van der Waals surface area contributed by atoms with Crippen LogP contribution in [0.4, 0.5) is 0 Å². The maximum absolute atomic E-state index is 12.9. The van der Waals surface area contributed by atoms with Crippen molar-refractivity contribution in [3.8, 4) is 11.8 Å². The van der Waals surface area contributed by atoms with Crippen LogP contribution in [0.5, 0.6) is 0 Å². The predicted molar refractivity (Wildman–Crippen MR) is 139 cm³/mol. The molecule has 3 nitrogen and oxygen atoms in total. The van der Waals surface area contributed by atoms with E-state index in [4.69, 9.17) is 0 Å². The van der Waals surface area contributed by atoms with Crippen molar-refractivity contribution in [2.24, 2.45) is 0 Å². The summed E-state index contributed by atoms with van der Waals surface area (Å²) >= 11 is 0. The molecule has 0 spiro atoms. The van der Waals surface area contributed by atoms with Gasteiger partial charge in [-0.25, -0.2) is 0 Å². The number of unbranched alkanes of at least 4 members (excludes halogenated alkanes) is 1. The fourth-order valence-corrected chi connectivity index (χ4v) is 4.68. The first-order valence-electron chi connectivity index (χ1n) is 12.8. The van der Waals surface area contributed by atoms with E-state index >= 15 is 0 Å². The van der Waals surface area contributed by atoms with Crippen molar-refractivity contribution < 1.29 is 9.90 Å². The summed E-state index contributed by atoms with van der Waals surface area (Å²) in [5.41, 5.74) is 4.33. The summed E-state index contributed by atoms with van der Waals surface area (Å²) in [6.07, 6.45) is 7.92. The van der Waals surface area contributed by atoms with Crippen LogP contribution in [0.2, 0.25) is 0 Å². The van der Waals surface area contributed by atoms with Gasteiger partial charge in [0.15, 0.2) is 5.78 Å². The zero-order valence-corrected chi connectivity index (χ0v) is 21.8. The van der Waals surface area contributed by atoms with Gasteiger partial charge in [0.2, 0.25) is 0 Å². The summed E-state index contributed by atoms with van der Waals surface area (Å²) in [5.74, 6) is 6.54. The summed E-state index contributed by atoms with van der Waals surface area (Å²) in [6, 6.07) is 8.66. The fraction of sp³-hybridized carbons (Fsp3) is 0.567. The van der Waals surface area contributed by atoms with Crippen molar-refractivity contribution in [2.45, 2.75) is 111 Å². The number of Topliss-reactive ketones (excluding diaryl/α,β-unsaturated/α-hetero) is 1. The molecule has 0 bridgehead atoms. The molecule has 0 fully saturated rings. The van der Waals surface area contributed by atoms with Crippen LogP contribution >= 0.6 is 0 Å². The highest BCUT2D eigenvalue weighted by Crippen LogP contribution is 2.40. The van der Waals surface area contributed by atoms with Gasteiger partial charge in [-0.15, -0.1) is 0 Å². The first-order valence-corrected chi connectivity index (χ1v) is 12.8. The number of aliphatic hydroxyl groups is 1. The molecule has 0 aliphatic carbocycles. The van der Waals surface area contributed by atoms with E-state index in [-0.39, 0.29) is 11.2 Å². The van der Waals surface area contributed by atoms with Crippen LogP contribution in [0, 0.1) is 18.8 Å². The lowest BCUT2D eigenvalue weighted by Crippen LogP contribution is -2.26. The second-order valence-electron chi connectivity index (χ2n) is 9.23. The summed E-state index contributed by atoms with van der Waals surface area (Å²) < 4.78 is 2.12. The van der Waals surface area contributed by atoms with E-state index in [0.717, 1.165) is 49.0 Å². The maximum Gasteiger partial charge on any atom is 0.179 e. The number of ketones is 1. The normalized spacial score (nSPS) is 11.9. The van der Waals surface area contributed by atoms with Crippen LogP contribution in [0.15, 0.2) is 30.5 Å². The molecule has 1 aromatic carbocycles. The molecule has 1 N–H and O–H groups in total. The van der Waals surface area contributed by atoms with Gasteiger partial charge in [-0.2, -0.15) is 0 Å². The van der Waals surface area contributed by atoms with Crippen molar-refractivity contribution in [1.29, 1.82) is 0 Å². The Bertz CT molecular complexity index is 994. The van der Waals surface area contributed by atoms with Crippen LogP contribution in [0.1, 0.15) is 119 Å². The Balaban J connectivity index is 2.52. The molecule has 0 amide bonds. The zero-order valence-electron chi connectivity index (χ0n) is 21.8. The van der Waals surface area contributed by atoms with E-state index in [1.165, 1.54) is 11.1 Å². The number of hydrogen-bond donors (Lipinski definition) is 1. The van der Waals surface area contributed by atoms with Crippen molar-refractivity contribution in [3.05, 3.63) is 58.4 Å². The Morgan fingerprint density at radius 2 is 1.64 bits per heavy atom. The van der Waals surface area contributed by atoms with Crippen molar-refractivity contribution >= 4 is 5.78 Å². The molecular formula is C30H43NO2. The van der Waals surface area contributed by atoms with E-state index in [2.05, 4.69) is 81.5 Å². The molecule has 0 aliphatic rings. The molecule has 0 atom stereocenters. The second-order valence-corrected chi connectivity index (χ2v) is 9.23. The van der Waals surface area contributed by atoms with E-state index in [0.29, 0.717) is 19.3 Å². The Labute approximate surface area is 201 Å². The average Bonchev–Trinajstić information content (AvgIpc) is 3.28. The minimum absolute atomic E-state index is 0.148. The topological polar surface area (TPSA) is 42.2 Å². The molecule has 1 heterocycles. The number of carbonyl (C=O) groups excluding carboxylic acids is 1. The Morgan fingerprint density at radius 1 is 0.970 bits per heavy atom. The quantitative estimate of drug-likeness (QED) is 0.291. The minimum atomic E-state index is -0.925. The Kier molecular flexibility index (Phi) is 9.56. The molecule has 2 rings (SSSR count). The number of benzene rings is 1. The lowest BCUT2D eigenvalue weighted by atomic mass is 9.71. The maximum atomic E-state index is 12.9. The van der Waals surface area contributed by atoms with Crippen LogP contribution in [-0.2, 0) is 12.0 Å². The van der Waals surface area contributed by atoms with Gasteiger partial charge < -0.3 is 9.67 Å². The molecule has 3 heteroatoms. The highest BCUT2D eigenvalue weighted by molar-refractivity contribution is 5.95. The lowest BCUT2D eigenvalue weighted by Gasteiger charge is -2.32. The standard InChI is InChI=1S/C30H43NO2/c1-8-14-15-28(32)27-21-26(22-31(27)13-6)30(11-4,12-5)25-17-16-24(23(7)20-25)18-19-29(33,9-2)10-3/h16-17,20-22,33H,8-15H2,1-7H3. The van der Waals surface area contributed by atoms with Gasteiger partial charge in [-0.1, -0.05) is 65.0 Å². The molecule has 0 aliphatic heterocycles. The molecule has 0 radical (unpaired) electrons. The largest absolute Gasteiger partial charge is 0.378 e. The summed E-state index contributed by atoms with van der Waals surface area (Å²) in [7, 11) is 0. The van der Waals surface area contributed by atoms with Crippen LogP contribution in [0.3, 0.4) is 0 Å². The van der Waals surface area contributed by atoms with Crippen LogP contribution in [0.25, 0.3) is 0 Å². The van der Waals surface area contributed by atoms with Gasteiger partial charge in [0.1, 0.15) is 5.60 Å². The SMILES string of the molecule is CCCCC(=O)c1cc(C(CC)(CC)c2ccc(C#CC(O)(CC)CC)c(C)c2)cn1CC. The third-order valence-corrected chi connectivity index (χ3v) is 7.42. The highest BCUT2D eigenvalue weighted by atomic mass is 16.3. The molecule has 33 heavy (non-hydrogen) atoms. The van der Waals surface area contributed by atoms with Crippen molar-refractivity contribution in [3.63, 3.8) is 0 Å². The molecule has 2 aromatic rings. The number of nitrogens with zero attached hydrogens (tertiary/aromatic N) is 1. The van der Waals surface area contributed by atoms with Crippen LogP contribution in [-0.4, -0.2) is 21.1 Å². The third kappa shape index (κ3) is 5.79. The van der Waals surface area contributed by atoms with Gasteiger partial charge in [0.05, 0.1) is 5.69 Å². The molecule has 1 aromatic heterocycles. The fourth-order valence-electron chi connectivity index (χ4n) is 4.68. The molecule has 0 unspecified atom stereocenters. The Hall–Kier alpha value is -2.31. The number of carbonyl (C=O) groups is 1. The van der Waals surface area contributed by atoms with Crippen molar-refractivity contribution in [2.75, 3.05) is 0 Å². The number of aryl methyl sites for hydroxylation is 2. The number of aromatic nitrogens is 1. The molecular weight excluding hydrogens is 406 g/mol. The summed E-state index contributed by atoms with van der Waals surface area (Å²) in [6.45, 7) is 15.5. The van der Waals surface area contributed by atoms with Crippen molar-refractivity contribution in [1.82, 2.24) is 4.57 Å². The number of hydrogen-bond acceptors (Lipinski definition) is 2. The van der Waals surface area contributed by atoms with Crippen LogP contribution < -0.4 is 0 Å². The monoisotopic (exact) mass is 449 g/mol. The zero-order chi connectivity index (χ0) is 24.6. The smallest absolute Gasteiger partial charge is 0.179 e.